The Hall–Kier alpha value is -7.25. The summed E-state index contributed by atoms with van der Waals surface area (Å²) in [5, 5.41) is 31.0. The van der Waals surface area contributed by atoms with Gasteiger partial charge in [0, 0.05) is 42.9 Å². The molecule has 1 saturated heterocycles. The lowest BCUT2D eigenvalue weighted by Gasteiger charge is -2.66. The zero-order valence-electron chi connectivity index (χ0n) is 45.4. The van der Waals surface area contributed by atoms with Gasteiger partial charge in [0.2, 0.25) is 6.10 Å². The van der Waals surface area contributed by atoms with E-state index in [4.69, 9.17) is 33.2 Å². The first-order valence-electron chi connectivity index (χ1n) is 26.7. The summed E-state index contributed by atoms with van der Waals surface area (Å²) in [6.45, 7) is 10.1. The molecule has 9 rings (SSSR count). The Labute approximate surface area is 458 Å². The number of aliphatic hydroxyl groups is 2. The molecule has 18 nitrogen and oxygen atoms in total. The van der Waals surface area contributed by atoms with Gasteiger partial charge in [0.25, 0.3) is 0 Å². The quantitative estimate of drug-likeness (QED) is 0.0484. The highest BCUT2D eigenvalue weighted by Crippen LogP contribution is 2.63. The van der Waals surface area contributed by atoms with Crippen molar-refractivity contribution in [3.05, 3.63) is 143 Å². The maximum atomic E-state index is 15.8. The number of nitrogens with one attached hydrogen (secondary N) is 2. The Balaban J connectivity index is 1.05. The molecule has 0 aromatic heterocycles. The predicted molar refractivity (Wildman–Crippen MR) is 284 cm³/mol. The molecule has 1 heterocycles. The van der Waals surface area contributed by atoms with Crippen molar-refractivity contribution in [1.29, 1.82) is 0 Å². The van der Waals surface area contributed by atoms with Gasteiger partial charge >= 0.3 is 30.1 Å². The van der Waals surface area contributed by atoms with E-state index in [1.54, 1.807) is 76.2 Å². The van der Waals surface area contributed by atoms with E-state index in [-0.39, 0.29) is 48.7 Å². The van der Waals surface area contributed by atoms with Crippen LogP contribution in [0, 0.1) is 16.7 Å². The SMILES string of the molecule is CCC(=O)O[C@@H](C(=O)O[C@H]1C[C@]2(O)CC(=C1C)[C@@H](OCC(=O)CNC(=O)OCC1c3ccccc3-c3ccccc31)C(=O)C1(C)C([C@@H]2OC(=O)c2ccccc2)[C@]2(C)COC2C[C@@H]1O)[C@@H](NC(=O)OC(C)(C)C)c1ccccc1. The third kappa shape index (κ3) is 11.2. The van der Waals surface area contributed by atoms with E-state index in [1.165, 1.54) is 26.0 Å². The minimum absolute atomic E-state index is 0.00121. The Bertz CT molecular complexity index is 2980. The number of benzene rings is 4. The van der Waals surface area contributed by atoms with Gasteiger partial charge in [0.05, 0.1) is 36.3 Å². The van der Waals surface area contributed by atoms with Gasteiger partial charge in [-0.25, -0.2) is 19.2 Å². The Morgan fingerprint density at radius 1 is 0.835 bits per heavy atom. The summed E-state index contributed by atoms with van der Waals surface area (Å²) in [5.41, 5.74) is -1.21. The van der Waals surface area contributed by atoms with Gasteiger partial charge in [-0.3, -0.25) is 14.4 Å². The number of hydrogen-bond donors (Lipinski definition) is 4. The zero-order valence-corrected chi connectivity index (χ0v) is 45.4. The van der Waals surface area contributed by atoms with E-state index in [0.717, 1.165) is 22.3 Å². The van der Waals surface area contributed by atoms with Crippen molar-refractivity contribution >= 4 is 41.7 Å². The maximum Gasteiger partial charge on any atom is 0.408 e. The number of esters is 3. The Morgan fingerprint density at radius 2 is 1.46 bits per heavy atom. The van der Waals surface area contributed by atoms with Crippen LogP contribution >= 0.6 is 0 Å². The Morgan fingerprint density at radius 3 is 2.06 bits per heavy atom. The molecule has 2 bridgehead atoms. The summed E-state index contributed by atoms with van der Waals surface area (Å²) in [5.74, 6) is -5.62. The number of carbonyl (C=O) groups excluding carboxylic acids is 7. The van der Waals surface area contributed by atoms with Gasteiger partial charge in [-0.2, -0.15) is 0 Å². The van der Waals surface area contributed by atoms with E-state index in [1.807, 2.05) is 55.5 Å². The summed E-state index contributed by atoms with van der Waals surface area (Å²) < 4.78 is 42.2. The molecule has 0 radical (unpaired) electrons. The number of amides is 2. The van der Waals surface area contributed by atoms with E-state index in [9.17, 15) is 39.0 Å². The standard InChI is InChI=1S/C61H68N2O16/c1-8-47(66)77-50(48(35-19-11-9-12-20-35)63-57(71)79-58(3,4)5)55(69)76-44-29-61(72)28-42(34(44)2)49(73-31-37(64)30-62-56(70)74-32-43-40-25-17-15-23-38(40)39-24-16-18-26-41(39)43)52(67)60(7)45(65)27-46-59(6,33-75-46)51(60)53(61)78-54(68)36-21-13-10-14-22-36/h9-26,43-46,48-51,53,65,72H,8,27-33H2,1-7H3,(H,62,70)(H,63,71)/t44-,45-,46?,48-,49+,50+,51?,53-,59+,60?,61+/m0/s1. The van der Waals surface area contributed by atoms with Crippen LogP contribution in [0.4, 0.5) is 9.59 Å². The summed E-state index contributed by atoms with van der Waals surface area (Å²) >= 11 is 0. The molecule has 79 heavy (non-hydrogen) atoms. The molecule has 18 heteroatoms. The first-order valence-corrected chi connectivity index (χ1v) is 26.7. The first-order chi connectivity index (χ1) is 37.6. The molecule has 4 aromatic carbocycles. The second-order valence-corrected chi connectivity index (χ2v) is 22.7. The molecule has 11 atom stereocenters. The molecule has 2 amide bonds. The van der Waals surface area contributed by atoms with Crippen LogP contribution in [0.1, 0.15) is 113 Å². The van der Waals surface area contributed by atoms with Crippen LogP contribution in [-0.4, -0.2) is 126 Å². The van der Waals surface area contributed by atoms with Gasteiger partial charge in [-0.05, 0) is 85.7 Å². The lowest BCUT2D eigenvalue weighted by Crippen LogP contribution is -2.75. The number of ether oxygens (including phenoxy) is 7. The number of rotatable bonds is 16. The monoisotopic (exact) mass is 1080 g/mol. The van der Waals surface area contributed by atoms with Gasteiger partial charge < -0.3 is 54.0 Å². The van der Waals surface area contributed by atoms with Gasteiger partial charge in [0.15, 0.2) is 11.6 Å². The van der Waals surface area contributed by atoms with Crippen molar-refractivity contribution in [2.24, 2.45) is 16.7 Å². The molecule has 4 N–H and O–H groups in total. The smallest absolute Gasteiger partial charge is 0.408 e. The van der Waals surface area contributed by atoms with Crippen molar-refractivity contribution in [3.8, 4) is 11.1 Å². The number of ketones is 2. The second-order valence-electron chi connectivity index (χ2n) is 22.7. The van der Waals surface area contributed by atoms with Crippen LogP contribution in [0.15, 0.2) is 120 Å². The van der Waals surface area contributed by atoms with Gasteiger partial charge in [0.1, 0.15) is 48.8 Å². The molecule has 4 aliphatic carbocycles. The summed E-state index contributed by atoms with van der Waals surface area (Å²) in [6.07, 6.45) is -11.5. The number of carbonyl (C=O) groups is 7. The zero-order chi connectivity index (χ0) is 56.6. The molecule has 3 unspecified atom stereocenters. The van der Waals surface area contributed by atoms with Gasteiger partial charge in [-0.15, -0.1) is 0 Å². The molecule has 0 spiro atoms. The van der Waals surface area contributed by atoms with Crippen molar-refractivity contribution in [3.63, 3.8) is 0 Å². The van der Waals surface area contributed by atoms with Crippen LogP contribution < -0.4 is 10.6 Å². The lowest BCUT2D eigenvalue weighted by atomic mass is 9.45. The second kappa shape index (κ2) is 22.5. The van der Waals surface area contributed by atoms with E-state index in [2.05, 4.69) is 10.6 Å². The average Bonchev–Trinajstić information content (AvgIpc) is 3.45. The van der Waals surface area contributed by atoms with Crippen LogP contribution in [0.5, 0.6) is 0 Å². The van der Waals surface area contributed by atoms with E-state index in [0.29, 0.717) is 5.56 Å². The molecule has 5 aliphatic rings. The Kier molecular flexibility index (Phi) is 16.1. The van der Waals surface area contributed by atoms with Crippen LogP contribution in [0.25, 0.3) is 11.1 Å². The highest BCUT2D eigenvalue weighted by molar-refractivity contribution is 5.94. The lowest BCUT2D eigenvalue weighted by molar-refractivity contribution is -0.305. The molecule has 4 aromatic rings. The molecule has 3 fully saturated rings. The largest absolute Gasteiger partial charge is 0.455 e. The van der Waals surface area contributed by atoms with Crippen LogP contribution in [0.2, 0.25) is 0 Å². The number of alkyl carbamates (subject to hydrolysis) is 2. The third-order valence-corrected chi connectivity index (χ3v) is 16.4. The maximum absolute atomic E-state index is 15.8. The number of Topliss-reactive ketones (excluding diaryl/α,β-unsaturated/α-hetero) is 2. The minimum Gasteiger partial charge on any atom is -0.455 e. The average molecular weight is 1090 g/mol. The fraction of sp³-hybridized carbons (Fsp3) is 0.459. The summed E-state index contributed by atoms with van der Waals surface area (Å²) in [7, 11) is 0. The minimum atomic E-state index is -2.21. The fourth-order valence-corrected chi connectivity index (χ4v) is 12.3. The van der Waals surface area contributed by atoms with E-state index >= 15 is 4.79 Å². The number of hydrogen-bond acceptors (Lipinski definition) is 16. The predicted octanol–water partition coefficient (Wildman–Crippen LogP) is 7.42. The summed E-state index contributed by atoms with van der Waals surface area (Å²) in [6, 6.07) is 30.6. The molecular formula is C61H68N2O16. The highest BCUT2D eigenvalue weighted by Gasteiger charge is 2.72. The fourth-order valence-electron chi connectivity index (χ4n) is 12.3. The van der Waals surface area contributed by atoms with Crippen molar-refractivity contribution in [1.82, 2.24) is 10.6 Å². The molecule has 2 saturated carbocycles. The molecule has 1 aliphatic heterocycles. The van der Waals surface area contributed by atoms with E-state index < -0.39 is 138 Å². The number of aliphatic hydroxyl groups excluding tert-OH is 1. The molecule has 418 valence electrons. The van der Waals surface area contributed by atoms with Crippen molar-refractivity contribution < 1.29 is 76.9 Å². The molecular weight excluding hydrogens is 1020 g/mol. The normalized spacial score (nSPS) is 27.6. The summed E-state index contributed by atoms with van der Waals surface area (Å²) in [4.78, 5) is 98.9. The third-order valence-electron chi connectivity index (χ3n) is 16.4. The van der Waals surface area contributed by atoms with Gasteiger partial charge in [-0.1, -0.05) is 111 Å². The van der Waals surface area contributed by atoms with Crippen molar-refractivity contribution in [2.45, 2.75) is 134 Å². The topological polar surface area (TPSA) is 249 Å². The highest BCUT2D eigenvalue weighted by atomic mass is 16.6. The van der Waals surface area contributed by atoms with Crippen LogP contribution in [0.3, 0.4) is 0 Å². The van der Waals surface area contributed by atoms with Crippen molar-refractivity contribution in [2.75, 3.05) is 26.4 Å². The number of fused-ring (bicyclic) bond motifs is 8. The first kappa shape index (κ1) is 56.5. The van der Waals surface area contributed by atoms with Crippen LogP contribution in [-0.2, 0) is 52.3 Å².